The van der Waals surface area contributed by atoms with Gasteiger partial charge in [-0.3, -0.25) is 0 Å². The fourth-order valence-electron chi connectivity index (χ4n) is 0.363. The van der Waals surface area contributed by atoms with Crippen LogP contribution in [0.25, 0.3) is 0 Å². The van der Waals surface area contributed by atoms with Gasteiger partial charge < -0.3 is 9.47 Å². The molecule has 0 amide bonds. The molecule has 1 aliphatic heterocycles. The SMILES string of the molecule is CC(C)=C1OC(=O)O1. The molecular weight excluding hydrogens is 108 g/mol. The molecule has 1 aliphatic rings. The van der Waals surface area contributed by atoms with Crippen LogP contribution < -0.4 is 0 Å². The zero-order valence-corrected chi connectivity index (χ0v) is 4.72. The monoisotopic (exact) mass is 114 g/mol. The van der Waals surface area contributed by atoms with Crippen LogP contribution in [-0.2, 0) is 9.47 Å². The van der Waals surface area contributed by atoms with Crippen molar-refractivity contribution in [1.82, 2.24) is 0 Å². The average molecular weight is 114 g/mol. The number of hydrogen-bond donors (Lipinski definition) is 0. The maximum atomic E-state index is 9.94. The summed E-state index contributed by atoms with van der Waals surface area (Å²) in [4.78, 5) is 9.94. The summed E-state index contributed by atoms with van der Waals surface area (Å²) in [6.07, 6.45) is -0.610. The quantitative estimate of drug-likeness (QED) is 0.446. The normalized spacial score (nSPS) is 16.2. The van der Waals surface area contributed by atoms with Crippen LogP contribution in [0.2, 0.25) is 0 Å². The molecule has 1 fully saturated rings. The number of allylic oxidation sites excluding steroid dienone is 1. The van der Waals surface area contributed by atoms with E-state index in [2.05, 4.69) is 9.47 Å². The molecule has 0 radical (unpaired) electrons. The average Bonchev–Trinajstić information content (AvgIpc) is 1.57. The molecule has 3 nitrogen and oxygen atoms in total. The van der Waals surface area contributed by atoms with Gasteiger partial charge in [-0.25, -0.2) is 4.79 Å². The zero-order valence-electron chi connectivity index (χ0n) is 4.72. The van der Waals surface area contributed by atoms with Crippen LogP contribution in [0, 0.1) is 0 Å². The van der Waals surface area contributed by atoms with Crippen molar-refractivity contribution >= 4 is 6.16 Å². The summed E-state index contributed by atoms with van der Waals surface area (Å²) in [5.41, 5.74) is 0.879. The van der Waals surface area contributed by atoms with Gasteiger partial charge in [0.05, 0.1) is 0 Å². The van der Waals surface area contributed by atoms with Crippen molar-refractivity contribution < 1.29 is 14.3 Å². The van der Waals surface area contributed by atoms with E-state index in [1.807, 2.05) is 13.8 Å². The van der Waals surface area contributed by atoms with Crippen molar-refractivity contribution in [3.63, 3.8) is 0 Å². The summed E-state index contributed by atoms with van der Waals surface area (Å²) < 4.78 is 8.84. The zero-order chi connectivity index (χ0) is 6.15. The Morgan fingerprint density at radius 2 is 1.88 bits per heavy atom. The van der Waals surface area contributed by atoms with E-state index in [1.54, 1.807) is 0 Å². The topological polar surface area (TPSA) is 35.5 Å². The molecule has 1 saturated heterocycles. The number of rotatable bonds is 0. The van der Waals surface area contributed by atoms with Gasteiger partial charge in [0.15, 0.2) is 0 Å². The van der Waals surface area contributed by atoms with Gasteiger partial charge in [-0.1, -0.05) is 0 Å². The van der Waals surface area contributed by atoms with Gasteiger partial charge >= 0.3 is 6.16 Å². The van der Waals surface area contributed by atoms with Gasteiger partial charge in [-0.2, -0.15) is 0 Å². The van der Waals surface area contributed by atoms with Crippen LogP contribution in [0.4, 0.5) is 4.79 Å². The Morgan fingerprint density at radius 3 is 2.00 bits per heavy atom. The molecule has 0 unspecified atom stereocenters. The van der Waals surface area contributed by atoms with Crippen LogP contribution in [0.15, 0.2) is 11.5 Å². The molecule has 3 heteroatoms. The number of carbonyl (C=O) groups excluding carboxylic acids is 1. The van der Waals surface area contributed by atoms with E-state index in [4.69, 9.17) is 0 Å². The molecule has 0 saturated carbocycles. The van der Waals surface area contributed by atoms with Gasteiger partial charge in [0.25, 0.3) is 5.95 Å². The van der Waals surface area contributed by atoms with Crippen molar-refractivity contribution in [3.05, 3.63) is 11.5 Å². The summed E-state index contributed by atoms with van der Waals surface area (Å²) in [6, 6.07) is 0. The minimum absolute atomic E-state index is 0.343. The first-order valence-electron chi connectivity index (χ1n) is 2.27. The van der Waals surface area contributed by atoms with E-state index in [1.165, 1.54) is 0 Å². The molecule has 8 heavy (non-hydrogen) atoms. The van der Waals surface area contributed by atoms with E-state index < -0.39 is 6.16 Å². The maximum Gasteiger partial charge on any atom is 0.524 e. The summed E-state index contributed by atoms with van der Waals surface area (Å²) in [5, 5.41) is 0. The third-order valence-electron chi connectivity index (χ3n) is 0.760. The van der Waals surface area contributed by atoms with E-state index in [9.17, 15) is 4.79 Å². The molecule has 1 rings (SSSR count). The predicted molar refractivity (Wildman–Crippen MR) is 25.9 cm³/mol. The predicted octanol–water partition coefficient (Wildman–Crippen LogP) is 1.40. The molecule has 0 aliphatic carbocycles. The first-order chi connectivity index (χ1) is 3.70. The van der Waals surface area contributed by atoms with Crippen molar-refractivity contribution in [2.75, 3.05) is 0 Å². The highest BCUT2D eigenvalue weighted by molar-refractivity contribution is 5.67. The molecule has 0 atom stereocenters. The summed E-state index contributed by atoms with van der Waals surface area (Å²) >= 11 is 0. The summed E-state index contributed by atoms with van der Waals surface area (Å²) in [6.45, 7) is 3.61. The Morgan fingerprint density at radius 1 is 1.38 bits per heavy atom. The summed E-state index contributed by atoms with van der Waals surface area (Å²) in [5.74, 6) is 0.343. The maximum absolute atomic E-state index is 9.94. The van der Waals surface area contributed by atoms with Crippen LogP contribution in [0.3, 0.4) is 0 Å². The number of cyclic esters (lactones) is 2. The molecule has 0 spiro atoms. The van der Waals surface area contributed by atoms with Gasteiger partial charge in [-0.15, -0.1) is 0 Å². The second-order valence-electron chi connectivity index (χ2n) is 1.74. The minimum atomic E-state index is -0.610. The van der Waals surface area contributed by atoms with Crippen molar-refractivity contribution in [3.8, 4) is 0 Å². The van der Waals surface area contributed by atoms with Crippen LogP contribution in [0.1, 0.15) is 13.8 Å². The second kappa shape index (κ2) is 1.51. The lowest BCUT2D eigenvalue weighted by Crippen LogP contribution is -2.20. The highest BCUT2D eigenvalue weighted by Crippen LogP contribution is 2.17. The number of ether oxygens (including phenoxy) is 2. The Kier molecular flexibility index (Phi) is 0.970. The Bertz CT molecular complexity index is 143. The third-order valence-corrected chi connectivity index (χ3v) is 0.760. The molecule has 0 bridgehead atoms. The van der Waals surface area contributed by atoms with Gasteiger partial charge in [0, 0.05) is 5.57 Å². The molecule has 0 N–H and O–H groups in total. The van der Waals surface area contributed by atoms with Gasteiger partial charge in [0.2, 0.25) is 0 Å². The largest absolute Gasteiger partial charge is 0.524 e. The molecule has 44 valence electrons. The third kappa shape index (κ3) is 0.665. The molecular formula is C5H6O3. The van der Waals surface area contributed by atoms with Crippen molar-refractivity contribution in [1.29, 1.82) is 0 Å². The van der Waals surface area contributed by atoms with Crippen LogP contribution >= 0.6 is 0 Å². The number of carbonyl (C=O) groups is 1. The molecule has 1 heterocycles. The Balaban J connectivity index is 2.57. The Hall–Kier alpha value is -0.990. The van der Waals surface area contributed by atoms with E-state index in [-0.39, 0.29) is 0 Å². The first-order valence-corrected chi connectivity index (χ1v) is 2.27. The molecule has 0 aromatic carbocycles. The first kappa shape index (κ1) is 5.15. The second-order valence-corrected chi connectivity index (χ2v) is 1.74. The van der Waals surface area contributed by atoms with Crippen molar-refractivity contribution in [2.24, 2.45) is 0 Å². The van der Waals surface area contributed by atoms with E-state index in [0.717, 1.165) is 5.57 Å². The Labute approximate surface area is 46.9 Å². The standard InChI is InChI=1S/C5H6O3/c1-3(2)4-7-5(6)8-4/h1-2H3. The summed E-state index contributed by atoms with van der Waals surface area (Å²) in [7, 11) is 0. The number of hydrogen-bond acceptors (Lipinski definition) is 3. The lowest BCUT2D eigenvalue weighted by molar-refractivity contribution is -0.0286. The van der Waals surface area contributed by atoms with Gasteiger partial charge in [0.1, 0.15) is 0 Å². The van der Waals surface area contributed by atoms with Crippen LogP contribution in [0.5, 0.6) is 0 Å². The fraction of sp³-hybridized carbons (Fsp3) is 0.400. The van der Waals surface area contributed by atoms with Crippen molar-refractivity contribution in [2.45, 2.75) is 13.8 Å². The highest BCUT2D eigenvalue weighted by atomic mass is 16.9. The minimum Gasteiger partial charge on any atom is -0.360 e. The van der Waals surface area contributed by atoms with E-state index in [0.29, 0.717) is 5.95 Å². The lowest BCUT2D eigenvalue weighted by atomic mass is 10.4. The smallest absolute Gasteiger partial charge is 0.360 e. The van der Waals surface area contributed by atoms with E-state index >= 15 is 0 Å². The van der Waals surface area contributed by atoms with Gasteiger partial charge in [-0.05, 0) is 13.8 Å². The lowest BCUT2D eigenvalue weighted by Gasteiger charge is -2.16. The fourth-order valence-corrected chi connectivity index (χ4v) is 0.363. The molecule has 0 aromatic heterocycles. The van der Waals surface area contributed by atoms with Crippen LogP contribution in [-0.4, -0.2) is 6.16 Å². The molecule has 0 aromatic rings. The highest BCUT2D eigenvalue weighted by Gasteiger charge is 2.24.